The van der Waals surface area contributed by atoms with Crippen LogP contribution >= 0.6 is 15.9 Å². The molecule has 0 saturated heterocycles. The first-order valence-electron chi connectivity index (χ1n) is 6.40. The molecule has 1 heterocycles. The molecule has 6 heteroatoms. The third-order valence-electron chi connectivity index (χ3n) is 3.11. The highest BCUT2D eigenvalue weighted by Gasteiger charge is 2.07. The average molecular weight is 345 g/mol. The molecule has 1 aromatic heterocycles. The molecule has 0 aliphatic heterocycles. The molecule has 2 N–H and O–H groups in total. The van der Waals surface area contributed by atoms with Gasteiger partial charge in [-0.2, -0.15) is 5.10 Å². The molecular weight excluding hydrogens is 332 g/mol. The van der Waals surface area contributed by atoms with Gasteiger partial charge in [0.25, 0.3) is 0 Å². The Morgan fingerprint density at radius 1 is 1.14 bits per heavy atom. The molecule has 0 spiro atoms. The van der Waals surface area contributed by atoms with Crippen molar-refractivity contribution in [2.24, 2.45) is 0 Å². The summed E-state index contributed by atoms with van der Waals surface area (Å²) in [6.45, 7) is 0.511. The van der Waals surface area contributed by atoms with Crippen molar-refractivity contribution in [3.05, 3.63) is 65.2 Å². The van der Waals surface area contributed by atoms with Crippen LogP contribution in [0.5, 0.6) is 5.75 Å². The Bertz CT molecular complexity index is 743. The number of para-hydroxylation sites is 3. The van der Waals surface area contributed by atoms with E-state index >= 15 is 0 Å². The molecule has 21 heavy (non-hydrogen) atoms. The maximum absolute atomic E-state index is 10.0. The molecule has 0 unspecified atom stereocenters. The van der Waals surface area contributed by atoms with Crippen molar-refractivity contribution < 1.29 is 5.11 Å². The van der Waals surface area contributed by atoms with E-state index in [4.69, 9.17) is 0 Å². The zero-order valence-corrected chi connectivity index (χ0v) is 12.7. The van der Waals surface area contributed by atoms with Crippen LogP contribution in [0.25, 0.3) is 5.69 Å². The lowest BCUT2D eigenvalue weighted by Crippen LogP contribution is -2.05. The van der Waals surface area contributed by atoms with Crippen molar-refractivity contribution in [2.45, 2.75) is 6.54 Å². The van der Waals surface area contributed by atoms with Crippen LogP contribution in [0, 0.1) is 0 Å². The van der Waals surface area contributed by atoms with E-state index in [1.807, 2.05) is 42.5 Å². The van der Waals surface area contributed by atoms with Gasteiger partial charge in [0.15, 0.2) is 0 Å². The number of benzene rings is 2. The molecule has 106 valence electrons. The number of hydrogen-bond donors (Lipinski definition) is 2. The highest BCUT2D eigenvalue weighted by Crippen LogP contribution is 2.28. The largest absolute Gasteiger partial charge is 0.506 e. The second kappa shape index (κ2) is 5.97. The number of rotatable bonds is 4. The summed E-state index contributed by atoms with van der Waals surface area (Å²) in [7, 11) is 0. The molecule has 0 aliphatic rings. The number of halogens is 1. The van der Waals surface area contributed by atoms with Crippen LogP contribution in [0.3, 0.4) is 0 Å². The Morgan fingerprint density at radius 2 is 2.00 bits per heavy atom. The zero-order valence-electron chi connectivity index (χ0n) is 11.1. The van der Waals surface area contributed by atoms with Gasteiger partial charge in [-0.25, -0.2) is 9.67 Å². The fraction of sp³-hybridized carbons (Fsp3) is 0.0667. The average Bonchev–Trinajstić information content (AvgIpc) is 3.03. The van der Waals surface area contributed by atoms with Gasteiger partial charge in [0, 0.05) is 12.1 Å². The van der Waals surface area contributed by atoms with Crippen LogP contribution in [-0.4, -0.2) is 19.9 Å². The Morgan fingerprint density at radius 3 is 2.81 bits per heavy atom. The smallest absolute Gasteiger partial charge is 0.138 e. The number of anilines is 1. The summed E-state index contributed by atoms with van der Waals surface area (Å²) in [4.78, 5) is 3.96. The molecule has 3 aromatic rings. The van der Waals surface area contributed by atoms with E-state index in [0.29, 0.717) is 11.0 Å². The summed E-state index contributed by atoms with van der Waals surface area (Å²) >= 11 is 3.32. The van der Waals surface area contributed by atoms with Crippen LogP contribution in [-0.2, 0) is 6.54 Å². The number of aromatic hydroxyl groups is 1. The van der Waals surface area contributed by atoms with Crippen molar-refractivity contribution in [3.8, 4) is 11.4 Å². The van der Waals surface area contributed by atoms with Gasteiger partial charge in [-0.3, -0.25) is 0 Å². The SMILES string of the molecule is Oc1c(Br)cccc1CNc1ccccc1-n1cncn1. The fourth-order valence-electron chi connectivity index (χ4n) is 2.05. The number of phenolic OH excluding ortho intramolecular Hbond substituents is 1. The van der Waals surface area contributed by atoms with Crippen molar-refractivity contribution in [3.63, 3.8) is 0 Å². The molecule has 2 aromatic carbocycles. The Hall–Kier alpha value is -2.34. The molecule has 0 saturated carbocycles. The summed E-state index contributed by atoms with van der Waals surface area (Å²) in [5.41, 5.74) is 2.64. The minimum absolute atomic E-state index is 0.253. The molecule has 0 amide bonds. The Balaban J connectivity index is 1.85. The highest BCUT2D eigenvalue weighted by atomic mass is 79.9. The molecule has 5 nitrogen and oxygen atoms in total. The first-order chi connectivity index (χ1) is 10.3. The molecule has 0 radical (unpaired) electrons. The van der Waals surface area contributed by atoms with E-state index in [2.05, 4.69) is 31.3 Å². The predicted molar refractivity (Wildman–Crippen MR) is 84.5 cm³/mol. The van der Waals surface area contributed by atoms with E-state index in [9.17, 15) is 5.11 Å². The molecular formula is C15H13BrN4O. The van der Waals surface area contributed by atoms with Gasteiger partial charge in [0.1, 0.15) is 18.4 Å². The lowest BCUT2D eigenvalue weighted by Gasteiger charge is -2.12. The highest BCUT2D eigenvalue weighted by molar-refractivity contribution is 9.10. The summed E-state index contributed by atoms with van der Waals surface area (Å²) < 4.78 is 2.38. The molecule has 0 aliphatic carbocycles. The minimum atomic E-state index is 0.253. The second-order valence-electron chi connectivity index (χ2n) is 4.46. The summed E-state index contributed by atoms with van der Waals surface area (Å²) in [6.07, 6.45) is 3.15. The molecule has 0 bridgehead atoms. The fourth-order valence-corrected chi connectivity index (χ4v) is 2.46. The first-order valence-corrected chi connectivity index (χ1v) is 7.19. The van der Waals surface area contributed by atoms with Crippen LogP contribution in [0.1, 0.15) is 5.56 Å². The van der Waals surface area contributed by atoms with E-state index in [1.54, 1.807) is 11.0 Å². The third-order valence-corrected chi connectivity index (χ3v) is 3.75. The maximum Gasteiger partial charge on any atom is 0.138 e. The number of nitrogens with zero attached hydrogens (tertiary/aromatic N) is 3. The third kappa shape index (κ3) is 2.90. The van der Waals surface area contributed by atoms with Crippen LogP contribution in [0.2, 0.25) is 0 Å². The van der Waals surface area contributed by atoms with Gasteiger partial charge in [-0.15, -0.1) is 0 Å². The van der Waals surface area contributed by atoms with E-state index in [1.165, 1.54) is 6.33 Å². The first kappa shape index (κ1) is 13.6. The van der Waals surface area contributed by atoms with Crippen molar-refractivity contribution in [1.82, 2.24) is 14.8 Å². The van der Waals surface area contributed by atoms with Crippen LogP contribution < -0.4 is 5.32 Å². The van der Waals surface area contributed by atoms with Gasteiger partial charge in [0.05, 0.1) is 15.8 Å². The normalized spacial score (nSPS) is 10.5. The quantitative estimate of drug-likeness (QED) is 0.761. The molecule has 3 rings (SSSR count). The lowest BCUT2D eigenvalue weighted by molar-refractivity contribution is 0.465. The second-order valence-corrected chi connectivity index (χ2v) is 5.31. The van der Waals surface area contributed by atoms with Crippen LogP contribution in [0.4, 0.5) is 5.69 Å². The van der Waals surface area contributed by atoms with Gasteiger partial charge < -0.3 is 10.4 Å². The molecule has 0 fully saturated rings. The van der Waals surface area contributed by atoms with Crippen molar-refractivity contribution >= 4 is 21.6 Å². The summed E-state index contributed by atoms with van der Waals surface area (Å²) in [5.74, 6) is 0.253. The van der Waals surface area contributed by atoms with Crippen molar-refractivity contribution in [1.29, 1.82) is 0 Å². The number of nitrogens with one attached hydrogen (secondary N) is 1. The van der Waals surface area contributed by atoms with Crippen LogP contribution in [0.15, 0.2) is 59.6 Å². The van der Waals surface area contributed by atoms with E-state index in [0.717, 1.165) is 16.9 Å². The zero-order chi connectivity index (χ0) is 14.7. The Kier molecular flexibility index (Phi) is 3.87. The summed E-state index contributed by atoms with van der Waals surface area (Å²) in [5, 5.41) is 17.5. The Labute approximate surface area is 130 Å². The lowest BCUT2D eigenvalue weighted by atomic mass is 10.2. The number of aromatic nitrogens is 3. The standard InChI is InChI=1S/C15H13BrN4O/c16-12-5-3-4-11(15(12)21)8-18-13-6-1-2-7-14(13)20-10-17-9-19-20/h1-7,9-10,18,21H,8H2. The molecule has 0 atom stereocenters. The number of hydrogen-bond acceptors (Lipinski definition) is 4. The predicted octanol–water partition coefficient (Wildman–Crippen LogP) is 3.35. The van der Waals surface area contributed by atoms with Gasteiger partial charge in [-0.1, -0.05) is 24.3 Å². The number of phenols is 1. The minimum Gasteiger partial charge on any atom is -0.506 e. The maximum atomic E-state index is 10.0. The van der Waals surface area contributed by atoms with Crippen molar-refractivity contribution in [2.75, 3.05) is 5.32 Å². The van der Waals surface area contributed by atoms with Gasteiger partial charge >= 0.3 is 0 Å². The van der Waals surface area contributed by atoms with Gasteiger partial charge in [0.2, 0.25) is 0 Å². The monoisotopic (exact) mass is 344 g/mol. The van der Waals surface area contributed by atoms with E-state index in [-0.39, 0.29) is 5.75 Å². The van der Waals surface area contributed by atoms with Gasteiger partial charge in [-0.05, 0) is 34.1 Å². The van der Waals surface area contributed by atoms with E-state index < -0.39 is 0 Å². The topological polar surface area (TPSA) is 63.0 Å². The summed E-state index contributed by atoms with van der Waals surface area (Å²) in [6, 6.07) is 13.4.